The van der Waals surface area contributed by atoms with Crippen molar-refractivity contribution in [2.24, 2.45) is 5.10 Å². The van der Waals surface area contributed by atoms with Gasteiger partial charge in [-0.15, -0.1) is 0 Å². The molecule has 6 nitrogen and oxygen atoms in total. The van der Waals surface area contributed by atoms with Crippen LogP contribution in [0.4, 0.5) is 5.13 Å². The highest BCUT2D eigenvalue weighted by atomic mass is 32.1. The van der Waals surface area contributed by atoms with E-state index in [2.05, 4.69) is 28.4 Å². The molecule has 7 heteroatoms. The Hall–Kier alpha value is -2.28. The van der Waals surface area contributed by atoms with Crippen LogP contribution in [0.15, 0.2) is 23.3 Å². The van der Waals surface area contributed by atoms with E-state index in [1.165, 1.54) is 21.9 Å². The molecule has 2 amide bonds. The Bertz CT molecular complexity index is 781. The van der Waals surface area contributed by atoms with Gasteiger partial charge in [0.2, 0.25) is 5.91 Å². The normalized spacial score (nSPS) is 15.1. The van der Waals surface area contributed by atoms with Gasteiger partial charge < -0.3 is 0 Å². The molecular weight excluding hydrogens is 300 g/mol. The maximum absolute atomic E-state index is 12.2. The van der Waals surface area contributed by atoms with Gasteiger partial charge in [0.15, 0.2) is 5.13 Å². The van der Waals surface area contributed by atoms with E-state index in [0.717, 1.165) is 16.6 Å². The zero-order valence-electron chi connectivity index (χ0n) is 12.4. The van der Waals surface area contributed by atoms with Crippen LogP contribution >= 0.6 is 11.3 Å². The van der Waals surface area contributed by atoms with E-state index >= 15 is 0 Å². The molecule has 0 fully saturated rings. The number of hydrazone groups is 1. The minimum Gasteiger partial charge on any atom is -0.297 e. The summed E-state index contributed by atoms with van der Waals surface area (Å²) >= 11 is 1.44. The van der Waals surface area contributed by atoms with Gasteiger partial charge in [-0.3, -0.25) is 14.9 Å². The van der Waals surface area contributed by atoms with Gasteiger partial charge in [0.05, 0.1) is 10.2 Å². The Balaban J connectivity index is 1.79. The summed E-state index contributed by atoms with van der Waals surface area (Å²) in [7, 11) is 1.55. The number of carbonyl (C=O) groups excluding carboxylic acids is 2. The molecule has 0 unspecified atom stereocenters. The average Bonchev–Trinajstić information content (AvgIpc) is 2.90. The number of amides is 2. The van der Waals surface area contributed by atoms with Crippen LogP contribution in [0.5, 0.6) is 0 Å². The lowest BCUT2D eigenvalue weighted by Crippen LogP contribution is -2.34. The largest absolute Gasteiger partial charge is 0.297 e. The van der Waals surface area contributed by atoms with Crippen molar-refractivity contribution in [3.05, 3.63) is 23.8 Å². The summed E-state index contributed by atoms with van der Waals surface area (Å²) in [5.74, 6) is -0.377. The molecule has 1 N–H and O–H groups in total. The summed E-state index contributed by atoms with van der Waals surface area (Å²) in [4.78, 5) is 28.0. The number of nitrogens with zero attached hydrogens (tertiary/aromatic N) is 3. The highest BCUT2D eigenvalue weighted by Crippen LogP contribution is 2.27. The molecule has 114 valence electrons. The first kappa shape index (κ1) is 14.6. The monoisotopic (exact) mass is 316 g/mol. The van der Waals surface area contributed by atoms with Gasteiger partial charge in [0.1, 0.15) is 5.71 Å². The molecule has 0 bridgehead atoms. The zero-order valence-corrected chi connectivity index (χ0v) is 13.2. The Morgan fingerprint density at radius 1 is 1.41 bits per heavy atom. The van der Waals surface area contributed by atoms with Crippen molar-refractivity contribution >= 4 is 44.2 Å². The molecule has 2 heterocycles. The predicted octanol–water partition coefficient (Wildman–Crippen LogP) is 2.41. The molecule has 0 saturated carbocycles. The first-order chi connectivity index (χ1) is 10.6. The molecule has 1 aliphatic rings. The maximum Gasteiger partial charge on any atom is 0.273 e. The van der Waals surface area contributed by atoms with E-state index in [-0.39, 0.29) is 11.8 Å². The van der Waals surface area contributed by atoms with E-state index in [0.29, 0.717) is 23.7 Å². The number of hydrogen-bond donors (Lipinski definition) is 1. The quantitative estimate of drug-likeness (QED) is 0.945. The summed E-state index contributed by atoms with van der Waals surface area (Å²) in [5.41, 5.74) is 2.47. The molecule has 3 rings (SSSR count). The fourth-order valence-electron chi connectivity index (χ4n) is 2.24. The van der Waals surface area contributed by atoms with Gasteiger partial charge in [-0.05, 0) is 24.1 Å². The summed E-state index contributed by atoms with van der Waals surface area (Å²) < 4.78 is 1.05. The fraction of sp³-hybridized carbons (Fsp3) is 0.333. The van der Waals surface area contributed by atoms with Gasteiger partial charge >= 0.3 is 0 Å². The van der Waals surface area contributed by atoms with Crippen molar-refractivity contribution in [2.45, 2.75) is 26.2 Å². The van der Waals surface area contributed by atoms with Crippen molar-refractivity contribution in [2.75, 3.05) is 12.4 Å². The Kier molecular flexibility index (Phi) is 3.89. The van der Waals surface area contributed by atoms with Crippen LogP contribution in [-0.4, -0.2) is 34.6 Å². The standard InChI is InChI=1S/C15H16N4O2S/c1-3-9-4-5-10-12(8-9)22-15(16-10)17-14(21)11-6-7-13(20)19(2)18-11/h4-5,8H,3,6-7H2,1-2H3,(H,16,17,21). The second-order valence-corrected chi connectivity index (χ2v) is 6.12. The van der Waals surface area contributed by atoms with Crippen LogP contribution in [0.25, 0.3) is 10.2 Å². The molecular formula is C15H16N4O2S. The average molecular weight is 316 g/mol. The fourth-order valence-corrected chi connectivity index (χ4v) is 3.17. The molecule has 1 aromatic carbocycles. The minimum absolute atomic E-state index is 0.0800. The van der Waals surface area contributed by atoms with Crippen molar-refractivity contribution in [3.8, 4) is 0 Å². The number of aromatic nitrogens is 1. The number of rotatable bonds is 3. The number of benzene rings is 1. The number of fused-ring (bicyclic) bond motifs is 1. The van der Waals surface area contributed by atoms with Crippen LogP contribution in [0.3, 0.4) is 0 Å². The smallest absolute Gasteiger partial charge is 0.273 e. The molecule has 2 aromatic rings. The molecule has 0 atom stereocenters. The van der Waals surface area contributed by atoms with Gasteiger partial charge in [0.25, 0.3) is 5.91 Å². The minimum atomic E-state index is -0.297. The second-order valence-electron chi connectivity index (χ2n) is 5.09. The summed E-state index contributed by atoms with van der Waals surface area (Å²) in [6.45, 7) is 2.10. The summed E-state index contributed by atoms with van der Waals surface area (Å²) in [6.07, 6.45) is 1.63. The maximum atomic E-state index is 12.2. The SMILES string of the molecule is CCc1ccc2nc(NC(=O)C3=NN(C)C(=O)CC3)sc2c1. The van der Waals surface area contributed by atoms with Gasteiger partial charge in [-0.25, -0.2) is 9.99 Å². The third kappa shape index (κ3) is 2.85. The lowest BCUT2D eigenvalue weighted by molar-refractivity contribution is -0.130. The Morgan fingerprint density at radius 2 is 2.23 bits per heavy atom. The molecule has 1 aromatic heterocycles. The molecule has 22 heavy (non-hydrogen) atoms. The predicted molar refractivity (Wildman–Crippen MR) is 87.1 cm³/mol. The highest BCUT2D eigenvalue weighted by Gasteiger charge is 2.22. The number of carbonyl (C=O) groups is 2. The number of hydrogen-bond acceptors (Lipinski definition) is 5. The van der Waals surface area contributed by atoms with Crippen LogP contribution in [0.2, 0.25) is 0 Å². The van der Waals surface area contributed by atoms with Crippen molar-refractivity contribution in [1.29, 1.82) is 0 Å². The van der Waals surface area contributed by atoms with Gasteiger partial charge in [0, 0.05) is 19.9 Å². The molecule has 0 saturated heterocycles. The van der Waals surface area contributed by atoms with E-state index < -0.39 is 0 Å². The third-order valence-corrected chi connectivity index (χ3v) is 4.48. The van der Waals surface area contributed by atoms with E-state index in [9.17, 15) is 9.59 Å². The second kappa shape index (κ2) is 5.84. The molecule has 1 aliphatic heterocycles. The van der Waals surface area contributed by atoms with Gasteiger partial charge in [-0.1, -0.05) is 24.3 Å². The number of thiazole rings is 1. The Morgan fingerprint density at radius 3 is 2.95 bits per heavy atom. The highest BCUT2D eigenvalue weighted by molar-refractivity contribution is 7.22. The lowest BCUT2D eigenvalue weighted by atomic mass is 10.1. The third-order valence-electron chi connectivity index (χ3n) is 3.55. The van der Waals surface area contributed by atoms with Crippen molar-refractivity contribution in [3.63, 3.8) is 0 Å². The van der Waals surface area contributed by atoms with Crippen LogP contribution in [0, 0.1) is 0 Å². The first-order valence-electron chi connectivity index (χ1n) is 7.11. The van der Waals surface area contributed by atoms with Crippen LogP contribution in [-0.2, 0) is 16.0 Å². The van der Waals surface area contributed by atoms with E-state index in [1.807, 2.05) is 12.1 Å². The molecule has 0 aliphatic carbocycles. The van der Waals surface area contributed by atoms with E-state index in [1.54, 1.807) is 7.05 Å². The van der Waals surface area contributed by atoms with Crippen LogP contribution < -0.4 is 5.32 Å². The summed E-state index contributed by atoms with van der Waals surface area (Å²) in [5, 5.41) is 8.54. The summed E-state index contributed by atoms with van der Waals surface area (Å²) in [6, 6.07) is 6.09. The van der Waals surface area contributed by atoms with Crippen molar-refractivity contribution in [1.82, 2.24) is 9.99 Å². The Labute approximate surface area is 131 Å². The molecule has 0 radical (unpaired) electrons. The van der Waals surface area contributed by atoms with Crippen LogP contribution in [0.1, 0.15) is 25.3 Å². The lowest BCUT2D eigenvalue weighted by Gasteiger charge is -2.18. The zero-order chi connectivity index (χ0) is 15.7. The first-order valence-corrected chi connectivity index (χ1v) is 7.93. The number of nitrogens with one attached hydrogen (secondary N) is 1. The van der Waals surface area contributed by atoms with E-state index in [4.69, 9.17) is 0 Å². The van der Waals surface area contributed by atoms with Crippen molar-refractivity contribution < 1.29 is 9.59 Å². The molecule has 0 spiro atoms. The number of anilines is 1. The van der Waals surface area contributed by atoms with Gasteiger partial charge in [-0.2, -0.15) is 5.10 Å². The topological polar surface area (TPSA) is 74.7 Å². The number of aryl methyl sites for hydroxylation is 1.